The molecule has 0 aliphatic carbocycles. The quantitative estimate of drug-likeness (QED) is 0.622. The van der Waals surface area contributed by atoms with E-state index in [1.165, 1.54) is 48.5 Å². The zero-order valence-electron chi connectivity index (χ0n) is 16.6. The van der Waals surface area contributed by atoms with Crippen LogP contribution in [0.15, 0.2) is 59.6 Å². The predicted octanol–water partition coefficient (Wildman–Crippen LogP) is 1.89. The maximum atomic E-state index is 14.1. The third-order valence-corrected chi connectivity index (χ3v) is 6.78. The van der Waals surface area contributed by atoms with Crippen molar-refractivity contribution in [3.63, 3.8) is 0 Å². The minimum absolute atomic E-state index is 0.0577. The van der Waals surface area contributed by atoms with Crippen molar-refractivity contribution in [2.45, 2.75) is 23.9 Å². The molecule has 2 heterocycles. The van der Waals surface area contributed by atoms with Crippen LogP contribution in [0.5, 0.6) is 5.75 Å². The number of ether oxygens (including phenoxy) is 1. The van der Waals surface area contributed by atoms with Gasteiger partial charge in [0.25, 0.3) is 10.0 Å². The van der Waals surface area contributed by atoms with E-state index in [2.05, 4.69) is 5.10 Å². The first-order chi connectivity index (χ1) is 14.8. The summed E-state index contributed by atoms with van der Waals surface area (Å²) in [5.41, 5.74) is 1.14. The summed E-state index contributed by atoms with van der Waals surface area (Å²) in [6.07, 6.45) is 1.37. The van der Waals surface area contributed by atoms with Crippen LogP contribution in [0.3, 0.4) is 0 Å². The van der Waals surface area contributed by atoms with Gasteiger partial charge in [0.05, 0.1) is 36.8 Å². The molecule has 8 nitrogen and oxygen atoms in total. The molecule has 31 heavy (non-hydrogen) atoms. The average Bonchev–Trinajstić information content (AvgIpc) is 3.35. The van der Waals surface area contributed by atoms with Crippen molar-refractivity contribution in [3.05, 3.63) is 77.4 Å². The summed E-state index contributed by atoms with van der Waals surface area (Å²) in [6, 6.07) is 11.7. The van der Waals surface area contributed by atoms with E-state index < -0.39 is 34.3 Å². The standard InChI is InChI=1S/C21H20FN3O5S/c1-30-15-6-8-16(9-7-15)31(28,29)25-11-14-10-24(12-20(14)23-25)21(27)18(13-26)17-4-2-3-5-19(17)22/h2-9,11,18,26H,10,12-13H2,1H3. The van der Waals surface area contributed by atoms with E-state index in [1.54, 1.807) is 18.2 Å². The van der Waals surface area contributed by atoms with Gasteiger partial charge in [0.15, 0.2) is 0 Å². The van der Waals surface area contributed by atoms with Gasteiger partial charge in [-0.3, -0.25) is 4.79 Å². The normalized spacial score (nSPS) is 14.4. The molecular formula is C21H20FN3O5S. The SMILES string of the molecule is COc1ccc(S(=O)(=O)n2cc3c(n2)CN(C(=O)C(CO)c2ccccc2F)C3)cc1. The summed E-state index contributed by atoms with van der Waals surface area (Å²) in [7, 11) is -2.40. The van der Waals surface area contributed by atoms with Crippen molar-refractivity contribution < 1.29 is 27.4 Å². The largest absolute Gasteiger partial charge is 0.497 e. The Labute approximate surface area is 178 Å². The lowest BCUT2D eigenvalue weighted by molar-refractivity contribution is -0.134. The van der Waals surface area contributed by atoms with E-state index >= 15 is 0 Å². The van der Waals surface area contributed by atoms with Gasteiger partial charge in [-0.25, -0.2) is 4.39 Å². The maximum absolute atomic E-state index is 14.1. The van der Waals surface area contributed by atoms with E-state index in [9.17, 15) is 22.7 Å². The Balaban J connectivity index is 1.54. The molecule has 1 aromatic heterocycles. The molecular weight excluding hydrogens is 425 g/mol. The molecule has 0 bridgehead atoms. The van der Waals surface area contributed by atoms with E-state index in [0.717, 1.165) is 4.09 Å². The lowest BCUT2D eigenvalue weighted by atomic mass is 9.98. The highest BCUT2D eigenvalue weighted by atomic mass is 32.2. The maximum Gasteiger partial charge on any atom is 0.282 e. The monoisotopic (exact) mass is 445 g/mol. The molecule has 2 aromatic carbocycles. The van der Waals surface area contributed by atoms with Crippen LogP contribution in [0.4, 0.5) is 4.39 Å². The topological polar surface area (TPSA) is 102 Å². The van der Waals surface area contributed by atoms with Crippen LogP contribution in [-0.2, 0) is 27.9 Å². The Morgan fingerprint density at radius 3 is 2.52 bits per heavy atom. The minimum atomic E-state index is -3.89. The molecule has 10 heteroatoms. The fourth-order valence-electron chi connectivity index (χ4n) is 3.55. The molecule has 0 saturated heterocycles. The summed E-state index contributed by atoms with van der Waals surface area (Å²) in [5, 5.41) is 13.9. The lowest BCUT2D eigenvalue weighted by Crippen LogP contribution is -2.33. The van der Waals surface area contributed by atoms with Crippen LogP contribution in [0.25, 0.3) is 0 Å². The van der Waals surface area contributed by atoms with Gasteiger partial charge in [0.2, 0.25) is 5.91 Å². The van der Waals surface area contributed by atoms with Crippen LogP contribution in [0.2, 0.25) is 0 Å². The second-order valence-electron chi connectivity index (χ2n) is 7.11. The van der Waals surface area contributed by atoms with Crippen LogP contribution in [-0.4, -0.2) is 47.2 Å². The number of nitrogens with zero attached hydrogens (tertiary/aromatic N) is 3. The Morgan fingerprint density at radius 2 is 1.90 bits per heavy atom. The van der Waals surface area contributed by atoms with Gasteiger partial charge in [-0.15, -0.1) is 0 Å². The molecule has 3 aromatic rings. The van der Waals surface area contributed by atoms with Gasteiger partial charge in [-0.05, 0) is 30.3 Å². The molecule has 1 atom stereocenters. The van der Waals surface area contributed by atoms with E-state index in [4.69, 9.17) is 4.74 Å². The number of carbonyl (C=O) groups excluding carboxylic acids is 1. The van der Waals surface area contributed by atoms with E-state index in [-0.39, 0.29) is 23.5 Å². The first-order valence-electron chi connectivity index (χ1n) is 9.46. The number of aromatic nitrogens is 2. The molecule has 0 saturated carbocycles. The lowest BCUT2D eigenvalue weighted by Gasteiger charge is -2.22. The first kappa shape index (κ1) is 21.0. The van der Waals surface area contributed by atoms with Crippen molar-refractivity contribution in [3.8, 4) is 5.75 Å². The molecule has 0 spiro atoms. The summed E-state index contributed by atoms with van der Waals surface area (Å²) in [6.45, 7) is -0.346. The third kappa shape index (κ3) is 3.79. The number of aliphatic hydroxyl groups is 1. The molecule has 1 aliphatic heterocycles. The molecule has 1 N–H and O–H groups in total. The third-order valence-electron chi connectivity index (χ3n) is 5.23. The number of methoxy groups -OCH3 is 1. The summed E-state index contributed by atoms with van der Waals surface area (Å²) >= 11 is 0. The van der Waals surface area contributed by atoms with E-state index in [0.29, 0.717) is 17.0 Å². The zero-order valence-corrected chi connectivity index (χ0v) is 17.4. The number of benzene rings is 2. The second kappa shape index (κ2) is 8.12. The molecule has 4 rings (SSSR count). The molecule has 162 valence electrons. The number of carbonyl (C=O) groups is 1. The number of fused-ring (bicyclic) bond motifs is 1. The molecule has 0 fully saturated rings. The van der Waals surface area contributed by atoms with E-state index in [1.807, 2.05) is 0 Å². The first-order valence-corrected chi connectivity index (χ1v) is 10.9. The van der Waals surface area contributed by atoms with Crippen LogP contribution in [0.1, 0.15) is 22.7 Å². The Hall–Kier alpha value is -3.24. The highest BCUT2D eigenvalue weighted by Gasteiger charge is 2.34. The minimum Gasteiger partial charge on any atom is -0.497 e. The Bertz CT molecular complexity index is 1200. The van der Waals surface area contributed by atoms with Gasteiger partial charge in [-0.1, -0.05) is 18.2 Å². The second-order valence-corrected chi connectivity index (χ2v) is 8.90. The summed E-state index contributed by atoms with van der Waals surface area (Å²) in [4.78, 5) is 14.4. The van der Waals surface area contributed by atoms with Crippen molar-refractivity contribution in [1.82, 2.24) is 14.1 Å². The summed E-state index contributed by atoms with van der Waals surface area (Å²) < 4.78 is 45.7. The molecule has 1 amide bonds. The highest BCUT2D eigenvalue weighted by Crippen LogP contribution is 2.29. The van der Waals surface area contributed by atoms with Gasteiger partial charge in [0, 0.05) is 23.9 Å². The summed E-state index contributed by atoms with van der Waals surface area (Å²) in [5.74, 6) is -1.53. The highest BCUT2D eigenvalue weighted by molar-refractivity contribution is 7.89. The fraction of sp³-hybridized carbons (Fsp3) is 0.238. The Morgan fingerprint density at radius 1 is 1.19 bits per heavy atom. The van der Waals surface area contributed by atoms with Crippen molar-refractivity contribution >= 4 is 15.9 Å². The molecule has 0 radical (unpaired) electrons. The number of rotatable bonds is 6. The Kier molecular flexibility index (Phi) is 5.50. The van der Waals surface area contributed by atoms with Crippen LogP contribution < -0.4 is 4.74 Å². The molecule has 1 aliphatic rings. The number of hydrogen-bond donors (Lipinski definition) is 1. The number of halogens is 1. The van der Waals surface area contributed by atoms with Crippen LogP contribution >= 0.6 is 0 Å². The smallest absolute Gasteiger partial charge is 0.282 e. The number of aliphatic hydroxyl groups excluding tert-OH is 1. The van der Waals surface area contributed by atoms with Crippen LogP contribution in [0, 0.1) is 5.82 Å². The van der Waals surface area contributed by atoms with Crippen molar-refractivity contribution in [1.29, 1.82) is 0 Å². The van der Waals surface area contributed by atoms with Gasteiger partial charge < -0.3 is 14.7 Å². The number of hydrogen-bond acceptors (Lipinski definition) is 6. The zero-order chi connectivity index (χ0) is 22.2. The fourth-order valence-corrected chi connectivity index (χ4v) is 4.72. The van der Waals surface area contributed by atoms with Crippen molar-refractivity contribution in [2.75, 3.05) is 13.7 Å². The van der Waals surface area contributed by atoms with Gasteiger partial charge in [0.1, 0.15) is 11.6 Å². The predicted molar refractivity (Wildman–Crippen MR) is 108 cm³/mol. The number of amides is 1. The van der Waals surface area contributed by atoms with Crippen molar-refractivity contribution in [2.24, 2.45) is 0 Å². The average molecular weight is 445 g/mol. The molecule has 1 unspecified atom stereocenters. The van der Waals surface area contributed by atoms with Gasteiger partial charge in [-0.2, -0.15) is 17.6 Å². The van der Waals surface area contributed by atoms with Gasteiger partial charge >= 0.3 is 0 Å².